The van der Waals surface area contributed by atoms with Gasteiger partial charge < -0.3 is 10.4 Å². The molecule has 0 radical (unpaired) electrons. The van der Waals surface area contributed by atoms with Gasteiger partial charge in [-0.1, -0.05) is 32.9 Å². The fourth-order valence-corrected chi connectivity index (χ4v) is 1.28. The van der Waals surface area contributed by atoms with Crippen LogP contribution < -0.4 is 5.32 Å². The second-order valence-electron chi connectivity index (χ2n) is 4.69. The fraction of sp³-hybridized carbons (Fsp3) is 0.692. The summed E-state index contributed by atoms with van der Waals surface area (Å²) in [4.78, 5) is 22.5. The Morgan fingerprint density at radius 2 is 1.88 bits per heavy atom. The van der Waals surface area contributed by atoms with Gasteiger partial charge in [0.2, 0.25) is 5.91 Å². The molecule has 0 aliphatic rings. The van der Waals surface area contributed by atoms with Crippen LogP contribution in [0.5, 0.6) is 0 Å². The van der Waals surface area contributed by atoms with E-state index < -0.39 is 12.0 Å². The van der Waals surface area contributed by atoms with Gasteiger partial charge >= 0.3 is 5.97 Å². The maximum Gasteiger partial charge on any atom is 0.326 e. The number of nitrogens with one attached hydrogen (secondary N) is 1. The molecule has 1 amide bonds. The fourth-order valence-electron chi connectivity index (χ4n) is 1.28. The van der Waals surface area contributed by atoms with Crippen molar-refractivity contribution >= 4 is 11.9 Å². The first-order chi connectivity index (χ1) is 7.88. The van der Waals surface area contributed by atoms with Crippen LogP contribution in [0.25, 0.3) is 0 Å². The van der Waals surface area contributed by atoms with Crippen molar-refractivity contribution < 1.29 is 14.7 Å². The van der Waals surface area contributed by atoms with Gasteiger partial charge in [0, 0.05) is 6.42 Å². The predicted octanol–water partition coefficient (Wildman–Crippen LogP) is 2.20. The second-order valence-corrected chi connectivity index (χ2v) is 4.69. The van der Waals surface area contributed by atoms with Crippen molar-refractivity contribution in [3.8, 4) is 0 Å². The summed E-state index contributed by atoms with van der Waals surface area (Å²) < 4.78 is 0. The zero-order chi connectivity index (χ0) is 13.4. The minimum Gasteiger partial charge on any atom is -0.480 e. The summed E-state index contributed by atoms with van der Waals surface area (Å²) in [5.41, 5.74) is 0. The molecule has 4 nitrogen and oxygen atoms in total. The number of amides is 1. The van der Waals surface area contributed by atoms with Gasteiger partial charge in [0.15, 0.2) is 0 Å². The lowest BCUT2D eigenvalue weighted by molar-refractivity contribution is -0.141. The smallest absolute Gasteiger partial charge is 0.326 e. The Kier molecular flexibility index (Phi) is 7.26. The van der Waals surface area contributed by atoms with Crippen LogP contribution >= 0.6 is 0 Å². The van der Waals surface area contributed by atoms with Crippen LogP contribution in [0.2, 0.25) is 0 Å². The van der Waals surface area contributed by atoms with Crippen LogP contribution in [0.1, 0.15) is 40.5 Å². The van der Waals surface area contributed by atoms with Crippen LogP contribution in [0, 0.1) is 11.8 Å². The van der Waals surface area contributed by atoms with E-state index in [1.54, 1.807) is 12.2 Å². The van der Waals surface area contributed by atoms with Crippen molar-refractivity contribution in [2.45, 2.75) is 46.6 Å². The Morgan fingerprint density at radius 1 is 1.29 bits per heavy atom. The third-order valence-corrected chi connectivity index (χ3v) is 2.89. The van der Waals surface area contributed by atoms with Crippen molar-refractivity contribution in [1.29, 1.82) is 0 Å². The highest BCUT2D eigenvalue weighted by Gasteiger charge is 2.20. The third-order valence-electron chi connectivity index (χ3n) is 2.89. The Labute approximate surface area is 103 Å². The first kappa shape index (κ1) is 15.7. The molecule has 0 fully saturated rings. The molecule has 17 heavy (non-hydrogen) atoms. The van der Waals surface area contributed by atoms with E-state index in [1.165, 1.54) is 0 Å². The van der Waals surface area contributed by atoms with Gasteiger partial charge in [-0.15, -0.1) is 0 Å². The molecule has 0 aromatic carbocycles. The van der Waals surface area contributed by atoms with E-state index >= 15 is 0 Å². The molecule has 0 aliphatic carbocycles. The maximum absolute atomic E-state index is 11.6. The van der Waals surface area contributed by atoms with E-state index in [1.807, 2.05) is 27.7 Å². The van der Waals surface area contributed by atoms with Gasteiger partial charge in [-0.05, 0) is 25.2 Å². The standard InChI is InChI=1S/C13H23NO3/c1-5-6-7-11(13(16)17)14-12(15)8-10(4)9(2)3/h5-6,9-11H,7-8H2,1-4H3,(H,14,15)(H,16,17)/b6-5+. The highest BCUT2D eigenvalue weighted by Crippen LogP contribution is 2.13. The summed E-state index contributed by atoms with van der Waals surface area (Å²) >= 11 is 0. The Hall–Kier alpha value is -1.32. The molecular formula is C13H23NO3. The van der Waals surface area contributed by atoms with Crippen LogP contribution in [0.3, 0.4) is 0 Å². The number of allylic oxidation sites excluding steroid dienone is 1. The number of carbonyl (C=O) groups is 2. The number of carboxylic acids is 1. The Bertz CT molecular complexity index is 284. The van der Waals surface area contributed by atoms with Gasteiger partial charge in [0.1, 0.15) is 6.04 Å². The molecule has 2 atom stereocenters. The summed E-state index contributed by atoms with van der Waals surface area (Å²) in [5, 5.41) is 11.5. The van der Waals surface area contributed by atoms with Crippen molar-refractivity contribution in [1.82, 2.24) is 5.32 Å². The summed E-state index contributed by atoms with van der Waals surface area (Å²) in [6, 6.07) is -0.821. The number of hydrogen-bond acceptors (Lipinski definition) is 2. The molecular weight excluding hydrogens is 218 g/mol. The van der Waals surface area contributed by atoms with Gasteiger partial charge in [-0.25, -0.2) is 4.79 Å². The van der Waals surface area contributed by atoms with Crippen LogP contribution in [0.4, 0.5) is 0 Å². The number of hydrogen-bond donors (Lipinski definition) is 2. The topological polar surface area (TPSA) is 66.4 Å². The molecule has 0 aliphatic heterocycles. The molecule has 2 unspecified atom stereocenters. The van der Waals surface area contributed by atoms with Crippen LogP contribution in [-0.4, -0.2) is 23.0 Å². The van der Waals surface area contributed by atoms with Gasteiger partial charge in [-0.3, -0.25) is 4.79 Å². The summed E-state index contributed by atoms with van der Waals surface area (Å²) in [5.74, 6) is -0.512. The molecule has 0 saturated heterocycles. The molecule has 0 bridgehead atoms. The summed E-state index contributed by atoms with van der Waals surface area (Å²) in [7, 11) is 0. The lowest BCUT2D eigenvalue weighted by Crippen LogP contribution is -2.41. The monoisotopic (exact) mass is 241 g/mol. The molecule has 0 spiro atoms. The van der Waals surface area contributed by atoms with Crippen molar-refractivity contribution in [2.75, 3.05) is 0 Å². The minimum atomic E-state index is -0.992. The quantitative estimate of drug-likeness (QED) is 0.671. The summed E-state index contributed by atoms with van der Waals surface area (Å²) in [6.45, 7) is 7.91. The van der Waals surface area contributed by atoms with E-state index in [0.717, 1.165) is 0 Å². The molecule has 98 valence electrons. The maximum atomic E-state index is 11.6. The average molecular weight is 241 g/mol. The number of carbonyl (C=O) groups excluding carboxylic acids is 1. The molecule has 2 N–H and O–H groups in total. The molecule has 0 aromatic heterocycles. The lowest BCUT2D eigenvalue weighted by atomic mass is 9.94. The van der Waals surface area contributed by atoms with E-state index in [-0.39, 0.29) is 11.8 Å². The predicted molar refractivity (Wildman–Crippen MR) is 67.6 cm³/mol. The zero-order valence-electron chi connectivity index (χ0n) is 11.1. The normalized spacial score (nSPS) is 14.9. The van der Waals surface area contributed by atoms with Crippen molar-refractivity contribution in [2.24, 2.45) is 11.8 Å². The second kappa shape index (κ2) is 7.87. The number of aliphatic carboxylic acids is 1. The van der Waals surface area contributed by atoms with Crippen LogP contribution in [0.15, 0.2) is 12.2 Å². The highest BCUT2D eigenvalue weighted by molar-refractivity contribution is 5.83. The first-order valence-electron chi connectivity index (χ1n) is 6.01. The first-order valence-corrected chi connectivity index (χ1v) is 6.01. The van der Waals surface area contributed by atoms with Gasteiger partial charge in [-0.2, -0.15) is 0 Å². The lowest BCUT2D eigenvalue weighted by Gasteiger charge is -2.17. The Balaban J connectivity index is 4.26. The zero-order valence-corrected chi connectivity index (χ0v) is 11.1. The molecule has 4 heteroatoms. The van der Waals surface area contributed by atoms with Crippen molar-refractivity contribution in [3.63, 3.8) is 0 Å². The Morgan fingerprint density at radius 3 is 2.29 bits per heavy atom. The molecule has 0 saturated carbocycles. The van der Waals surface area contributed by atoms with E-state index in [9.17, 15) is 9.59 Å². The third kappa shape index (κ3) is 6.76. The number of carboxylic acid groups (broad SMARTS) is 1. The SMILES string of the molecule is C/C=C/CC(NC(=O)CC(C)C(C)C)C(=O)O. The average Bonchev–Trinajstić information content (AvgIpc) is 2.23. The van der Waals surface area contributed by atoms with Gasteiger partial charge in [0.25, 0.3) is 0 Å². The summed E-state index contributed by atoms with van der Waals surface area (Å²) in [6.07, 6.45) is 4.22. The van der Waals surface area contributed by atoms with E-state index in [0.29, 0.717) is 18.8 Å². The van der Waals surface area contributed by atoms with Gasteiger partial charge in [0.05, 0.1) is 0 Å². The molecule has 0 aromatic rings. The van der Waals surface area contributed by atoms with E-state index in [4.69, 9.17) is 5.11 Å². The molecule has 0 rings (SSSR count). The number of rotatable bonds is 7. The highest BCUT2D eigenvalue weighted by atomic mass is 16.4. The van der Waals surface area contributed by atoms with E-state index in [2.05, 4.69) is 5.32 Å². The van der Waals surface area contributed by atoms with Crippen LogP contribution in [-0.2, 0) is 9.59 Å². The largest absolute Gasteiger partial charge is 0.480 e. The van der Waals surface area contributed by atoms with Crippen molar-refractivity contribution in [3.05, 3.63) is 12.2 Å². The minimum absolute atomic E-state index is 0.192. The molecule has 0 heterocycles.